The predicted octanol–water partition coefficient (Wildman–Crippen LogP) is 2.64. The lowest BCUT2D eigenvalue weighted by Crippen LogP contribution is -2.27. The Hall–Kier alpha value is -2.52. The number of anilines is 2. The maximum atomic E-state index is 9.08. The summed E-state index contributed by atoms with van der Waals surface area (Å²) in [7, 11) is 8.11. The van der Waals surface area contributed by atoms with Crippen LogP contribution < -0.4 is 10.2 Å². The maximum Gasteiger partial charge on any atom is 0.232 e. The summed E-state index contributed by atoms with van der Waals surface area (Å²) in [4.78, 5) is 8.25. The highest BCUT2D eigenvalue weighted by atomic mass is 16.4. The van der Waals surface area contributed by atoms with E-state index in [0.29, 0.717) is 24.0 Å². The quantitative estimate of drug-likeness (QED) is 0.884. The van der Waals surface area contributed by atoms with Gasteiger partial charge in [-0.3, -0.25) is 0 Å². The van der Waals surface area contributed by atoms with Gasteiger partial charge in [0.1, 0.15) is 6.07 Å². The molecule has 1 atom stereocenters. The van der Waals surface area contributed by atoms with Gasteiger partial charge in [-0.15, -0.1) is 0 Å². The summed E-state index contributed by atoms with van der Waals surface area (Å²) in [5.41, 5.74) is 2.66. The average Bonchev–Trinajstić information content (AvgIpc) is 2.87. The molecule has 1 aromatic heterocycles. The average molecular weight is 313 g/mol. The van der Waals surface area contributed by atoms with Crippen LogP contribution >= 0.6 is 0 Å². The molecule has 0 saturated heterocycles. The van der Waals surface area contributed by atoms with Gasteiger partial charge in [-0.05, 0) is 31.8 Å². The Bertz CT molecular complexity index is 682. The molecule has 0 saturated carbocycles. The predicted molar refractivity (Wildman–Crippen MR) is 91.6 cm³/mol. The largest absolute Gasteiger partial charge is 0.424 e. The van der Waals surface area contributed by atoms with E-state index in [-0.39, 0.29) is 6.04 Å². The van der Waals surface area contributed by atoms with E-state index in [2.05, 4.69) is 44.4 Å². The van der Waals surface area contributed by atoms with Gasteiger partial charge < -0.3 is 19.5 Å². The second-order valence-electron chi connectivity index (χ2n) is 5.87. The second-order valence-corrected chi connectivity index (χ2v) is 5.87. The molecule has 0 amide bonds. The molecule has 0 aliphatic carbocycles. The van der Waals surface area contributed by atoms with Crippen LogP contribution in [0, 0.1) is 18.3 Å². The van der Waals surface area contributed by atoms with E-state index in [9.17, 15) is 0 Å². The number of hydrogen-bond donors (Lipinski definition) is 1. The molecule has 0 radical (unpaired) electrons. The van der Waals surface area contributed by atoms with E-state index in [1.807, 2.05) is 34.3 Å². The molecule has 2 aromatic rings. The Morgan fingerprint density at radius 1 is 1.22 bits per heavy atom. The number of nitriles is 1. The fourth-order valence-electron chi connectivity index (χ4n) is 2.41. The fraction of sp³-hybridized carbons (Fsp3) is 0.412. The van der Waals surface area contributed by atoms with Crippen molar-refractivity contribution in [2.24, 2.45) is 0 Å². The minimum Gasteiger partial charge on any atom is -0.424 e. The third kappa shape index (κ3) is 4.02. The summed E-state index contributed by atoms with van der Waals surface area (Å²) in [5.74, 6) is 0.919. The van der Waals surface area contributed by atoms with E-state index in [4.69, 9.17) is 9.68 Å². The van der Waals surface area contributed by atoms with Crippen LogP contribution in [0.4, 0.5) is 11.6 Å². The van der Waals surface area contributed by atoms with Crippen molar-refractivity contribution in [1.82, 2.24) is 9.88 Å². The van der Waals surface area contributed by atoms with Crippen molar-refractivity contribution in [3.8, 4) is 6.07 Å². The van der Waals surface area contributed by atoms with Crippen LogP contribution in [-0.4, -0.2) is 44.6 Å². The molecule has 6 nitrogen and oxygen atoms in total. The second kappa shape index (κ2) is 7.16. The van der Waals surface area contributed by atoms with Crippen molar-refractivity contribution < 1.29 is 4.42 Å². The number of rotatable bonds is 6. The van der Waals surface area contributed by atoms with E-state index in [1.165, 1.54) is 5.56 Å². The van der Waals surface area contributed by atoms with Crippen molar-refractivity contribution >= 4 is 11.6 Å². The van der Waals surface area contributed by atoms with Crippen molar-refractivity contribution in [3.05, 3.63) is 41.4 Å². The molecule has 2 rings (SSSR count). The van der Waals surface area contributed by atoms with Crippen LogP contribution in [0.15, 0.2) is 28.7 Å². The molecule has 122 valence electrons. The van der Waals surface area contributed by atoms with Crippen molar-refractivity contribution in [3.63, 3.8) is 0 Å². The minimum atomic E-state index is 0.156. The van der Waals surface area contributed by atoms with E-state index in [0.717, 1.165) is 5.69 Å². The Morgan fingerprint density at radius 3 is 2.39 bits per heavy atom. The van der Waals surface area contributed by atoms with Gasteiger partial charge >= 0.3 is 0 Å². The van der Waals surface area contributed by atoms with Gasteiger partial charge in [-0.1, -0.05) is 12.1 Å². The molecule has 0 unspecified atom stereocenters. The summed E-state index contributed by atoms with van der Waals surface area (Å²) in [6.07, 6.45) is 0. The maximum absolute atomic E-state index is 9.08. The van der Waals surface area contributed by atoms with Crippen molar-refractivity contribution in [1.29, 1.82) is 5.26 Å². The Balaban J connectivity index is 2.14. The number of benzene rings is 1. The minimum absolute atomic E-state index is 0.156. The first-order chi connectivity index (χ1) is 10.9. The highest BCUT2D eigenvalue weighted by Gasteiger charge is 2.17. The van der Waals surface area contributed by atoms with E-state index in [1.54, 1.807) is 6.92 Å². The van der Waals surface area contributed by atoms with Crippen LogP contribution in [-0.2, 0) is 0 Å². The summed E-state index contributed by atoms with van der Waals surface area (Å²) in [5, 5.41) is 12.3. The number of hydrogen-bond acceptors (Lipinski definition) is 6. The van der Waals surface area contributed by atoms with Gasteiger partial charge in [-0.2, -0.15) is 5.26 Å². The zero-order valence-electron chi connectivity index (χ0n) is 14.3. The monoisotopic (exact) mass is 313 g/mol. The number of nitrogens with zero attached hydrogens (tertiary/aromatic N) is 4. The Kier molecular flexibility index (Phi) is 5.24. The third-order valence-corrected chi connectivity index (χ3v) is 3.71. The van der Waals surface area contributed by atoms with Gasteiger partial charge in [0.05, 0.1) is 6.04 Å². The topological polar surface area (TPSA) is 68.3 Å². The summed E-state index contributed by atoms with van der Waals surface area (Å²) < 4.78 is 5.45. The van der Waals surface area contributed by atoms with Crippen LogP contribution in [0.1, 0.15) is 23.2 Å². The zero-order valence-corrected chi connectivity index (χ0v) is 14.3. The molecule has 0 aliphatic rings. The first kappa shape index (κ1) is 16.8. The fourth-order valence-corrected chi connectivity index (χ4v) is 2.41. The Morgan fingerprint density at radius 2 is 1.87 bits per heavy atom. The first-order valence-corrected chi connectivity index (χ1v) is 7.47. The van der Waals surface area contributed by atoms with Crippen LogP contribution in [0.2, 0.25) is 0 Å². The van der Waals surface area contributed by atoms with Crippen LogP contribution in [0.25, 0.3) is 0 Å². The van der Waals surface area contributed by atoms with Gasteiger partial charge in [-0.25, -0.2) is 4.98 Å². The van der Waals surface area contributed by atoms with Crippen LogP contribution in [0.3, 0.4) is 0 Å². The molecule has 1 heterocycles. The van der Waals surface area contributed by atoms with Gasteiger partial charge in [0.15, 0.2) is 5.89 Å². The highest BCUT2D eigenvalue weighted by molar-refractivity contribution is 5.48. The molecule has 1 aromatic carbocycles. The van der Waals surface area contributed by atoms with Gasteiger partial charge in [0.2, 0.25) is 11.6 Å². The van der Waals surface area contributed by atoms with E-state index < -0.39 is 0 Å². The molecule has 0 spiro atoms. The van der Waals surface area contributed by atoms with E-state index >= 15 is 0 Å². The number of likely N-dealkylation sites (N-methyl/N-ethyl adjacent to an activating group) is 1. The normalized spacial score (nSPS) is 12.0. The third-order valence-electron chi connectivity index (χ3n) is 3.71. The molecule has 0 fully saturated rings. The first-order valence-electron chi connectivity index (χ1n) is 7.47. The SMILES string of the molecule is Cc1nc(C#N)c(NC[C@H](c2ccc(N(C)C)cc2)N(C)C)o1. The summed E-state index contributed by atoms with van der Waals surface area (Å²) >= 11 is 0. The summed E-state index contributed by atoms with van der Waals surface area (Å²) in [6, 6.07) is 10.6. The molecular weight excluding hydrogens is 290 g/mol. The molecule has 1 N–H and O–H groups in total. The lowest BCUT2D eigenvalue weighted by molar-refractivity contribution is 0.310. The Labute approximate surface area is 137 Å². The zero-order chi connectivity index (χ0) is 17.0. The molecule has 0 bridgehead atoms. The van der Waals surface area contributed by atoms with Crippen molar-refractivity contribution in [2.75, 3.05) is 45.0 Å². The number of oxazole rings is 1. The smallest absolute Gasteiger partial charge is 0.232 e. The lowest BCUT2D eigenvalue weighted by Gasteiger charge is -2.25. The number of aryl methyl sites for hydroxylation is 1. The molecule has 23 heavy (non-hydrogen) atoms. The summed E-state index contributed by atoms with van der Waals surface area (Å²) in [6.45, 7) is 2.35. The molecular formula is C17H23N5O. The van der Waals surface area contributed by atoms with Gasteiger partial charge in [0, 0.05) is 33.3 Å². The van der Waals surface area contributed by atoms with Crippen molar-refractivity contribution in [2.45, 2.75) is 13.0 Å². The lowest BCUT2D eigenvalue weighted by atomic mass is 10.1. The highest BCUT2D eigenvalue weighted by Crippen LogP contribution is 2.23. The van der Waals surface area contributed by atoms with Gasteiger partial charge in [0.25, 0.3) is 0 Å². The standard InChI is InChI=1S/C17H23N5O/c1-12-20-15(10-18)17(23-12)19-11-16(22(4)5)13-6-8-14(9-7-13)21(2)3/h6-9,16,19H,11H2,1-5H3/t16-/m1/s1. The number of nitrogens with one attached hydrogen (secondary N) is 1. The van der Waals surface area contributed by atoms with Crippen LogP contribution in [0.5, 0.6) is 0 Å². The molecule has 0 aliphatic heterocycles. The molecule has 6 heteroatoms. The number of aromatic nitrogens is 1.